The Hall–Kier alpha value is -2.76. The molecule has 11 heteroatoms. The fourth-order valence-corrected chi connectivity index (χ4v) is 6.40. The summed E-state index contributed by atoms with van der Waals surface area (Å²) < 4.78 is 38.5. The average Bonchev–Trinajstić information content (AvgIpc) is 3.49. The number of carbonyl (C=O) groups excluding carboxylic acids is 1. The molecule has 1 N–H and O–H groups in total. The van der Waals surface area contributed by atoms with E-state index in [4.69, 9.17) is 9.26 Å². The van der Waals surface area contributed by atoms with Gasteiger partial charge in [-0.1, -0.05) is 24.2 Å². The lowest BCUT2D eigenvalue weighted by Gasteiger charge is -2.30. The zero-order valence-electron chi connectivity index (χ0n) is 17.8. The Bertz CT molecular complexity index is 1200. The first-order valence-corrected chi connectivity index (χ1v) is 12.6. The molecule has 0 aliphatic carbocycles. The minimum atomic E-state index is -3.74. The Kier molecular flexibility index (Phi) is 6.58. The van der Waals surface area contributed by atoms with E-state index >= 15 is 0 Å². The number of thiophene rings is 1. The number of carbonyl (C=O) groups is 1. The largest absolute Gasteiger partial charge is 0.495 e. The third kappa shape index (κ3) is 4.54. The molecule has 3 heterocycles. The number of anilines is 1. The summed E-state index contributed by atoms with van der Waals surface area (Å²) in [7, 11) is -2.20. The van der Waals surface area contributed by atoms with Crippen molar-refractivity contribution in [3.63, 3.8) is 0 Å². The van der Waals surface area contributed by atoms with Crippen LogP contribution in [0, 0.1) is 5.92 Å². The minimum Gasteiger partial charge on any atom is -0.495 e. The molecule has 2 aromatic heterocycles. The lowest BCUT2D eigenvalue weighted by atomic mass is 9.98. The van der Waals surface area contributed by atoms with Crippen LogP contribution in [-0.4, -0.2) is 49.0 Å². The number of aromatic nitrogens is 2. The van der Waals surface area contributed by atoms with Crippen LogP contribution in [0.5, 0.6) is 5.75 Å². The van der Waals surface area contributed by atoms with Crippen LogP contribution >= 0.6 is 11.3 Å². The molecule has 0 unspecified atom stereocenters. The first-order valence-electron chi connectivity index (χ1n) is 10.3. The normalized spacial score (nSPS) is 17.2. The molecule has 0 bridgehead atoms. The van der Waals surface area contributed by atoms with Crippen molar-refractivity contribution in [3.8, 4) is 17.1 Å². The highest BCUT2D eigenvalue weighted by molar-refractivity contribution is 7.91. The van der Waals surface area contributed by atoms with E-state index in [1.807, 2.05) is 13.0 Å². The number of nitrogens with one attached hydrogen (secondary N) is 1. The first-order chi connectivity index (χ1) is 15.4. The number of para-hydroxylation sites is 2. The Morgan fingerprint density at radius 3 is 2.94 bits per heavy atom. The fraction of sp³-hybridized carbons (Fsp3) is 0.381. The molecule has 0 saturated carbocycles. The lowest BCUT2D eigenvalue weighted by molar-refractivity contribution is -0.120. The number of nitrogens with zero attached hydrogens (tertiary/aromatic N) is 3. The second-order valence-electron chi connectivity index (χ2n) is 7.41. The number of ether oxygens (including phenoxy) is 1. The van der Waals surface area contributed by atoms with Gasteiger partial charge in [0, 0.05) is 30.5 Å². The number of hydrogen-bond acceptors (Lipinski definition) is 8. The van der Waals surface area contributed by atoms with Gasteiger partial charge in [0.15, 0.2) is 0 Å². The topological polar surface area (TPSA) is 115 Å². The van der Waals surface area contributed by atoms with Gasteiger partial charge in [-0.15, -0.1) is 11.3 Å². The Morgan fingerprint density at radius 1 is 1.38 bits per heavy atom. The van der Waals surface area contributed by atoms with Gasteiger partial charge in [-0.3, -0.25) is 4.79 Å². The van der Waals surface area contributed by atoms with Gasteiger partial charge < -0.3 is 14.6 Å². The Labute approximate surface area is 190 Å². The summed E-state index contributed by atoms with van der Waals surface area (Å²) in [6.45, 7) is 2.40. The SMILES string of the molecule is CCc1nc(-c2csc(S(=O)(=O)N3CCC[C@@H](C(=O)Nc4ccccc4OC)C3)c2)no1. The van der Waals surface area contributed by atoms with E-state index in [2.05, 4.69) is 15.5 Å². The zero-order valence-corrected chi connectivity index (χ0v) is 19.4. The molecular formula is C21H24N4O5S2. The predicted molar refractivity (Wildman–Crippen MR) is 120 cm³/mol. The molecule has 0 radical (unpaired) electrons. The van der Waals surface area contributed by atoms with Crippen LogP contribution in [-0.2, 0) is 21.2 Å². The predicted octanol–water partition coefficient (Wildman–Crippen LogP) is 3.41. The van der Waals surface area contributed by atoms with Crippen molar-refractivity contribution in [2.75, 3.05) is 25.5 Å². The van der Waals surface area contributed by atoms with Crippen LogP contribution in [0.4, 0.5) is 5.69 Å². The van der Waals surface area contributed by atoms with Crippen molar-refractivity contribution in [3.05, 3.63) is 41.6 Å². The van der Waals surface area contributed by atoms with E-state index in [0.29, 0.717) is 54.5 Å². The molecule has 1 aromatic carbocycles. The molecule has 1 amide bonds. The van der Waals surface area contributed by atoms with Gasteiger partial charge in [0.2, 0.25) is 17.6 Å². The summed E-state index contributed by atoms with van der Waals surface area (Å²) in [5, 5.41) is 8.47. The van der Waals surface area contributed by atoms with Gasteiger partial charge in [-0.25, -0.2) is 8.42 Å². The maximum Gasteiger partial charge on any atom is 0.252 e. The highest BCUT2D eigenvalue weighted by Gasteiger charge is 2.34. The molecule has 32 heavy (non-hydrogen) atoms. The molecule has 4 rings (SSSR count). The van der Waals surface area contributed by atoms with Crippen molar-refractivity contribution in [2.45, 2.75) is 30.4 Å². The van der Waals surface area contributed by atoms with Crippen LogP contribution in [0.3, 0.4) is 0 Å². The summed E-state index contributed by atoms with van der Waals surface area (Å²) in [6.07, 6.45) is 1.83. The van der Waals surface area contributed by atoms with Gasteiger partial charge in [0.05, 0.1) is 18.7 Å². The molecule has 0 spiro atoms. The molecule has 170 valence electrons. The summed E-state index contributed by atoms with van der Waals surface area (Å²) in [5.74, 6) is 0.745. The number of aryl methyl sites for hydroxylation is 1. The van der Waals surface area contributed by atoms with E-state index in [0.717, 1.165) is 11.3 Å². The second kappa shape index (κ2) is 9.39. The van der Waals surface area contributed by atoms with Crippen molar-refractivity contribution in [1.29, 1.82) is 0 Å². The Balaban J connectivity index is 1.48. The van der Waals surface area contributed by atoms with Crippen LogP contribution in [0.2, 0.25) is 0 Å². The van der Waals surface area contributed by atoms with E-state index in [1.54, 1.807) is 29.6 Å². The molecule has 1 aliphatic heterocycles. The van der Waals surface area contributed by atoms with Gasteiger partial charge in [-0.2, -0.15) is 9.29 Å². The van der Waals surface area contributed by atoms with Crippen LogP contribution < -0.4 is 10.1 Å². The molecule has 9 nitrogen and oxygen atoms in total. The van der Waals surface area contributed by atoms with Gasteiger partial charge in [0.1, 0.15) is 9.96 Å². The van der Waals surface area contributed by atoms with Crippen molar-refractivity contribution in [2.24, 2.45) is 5.92 Å². The monoisotopic (exact) mass is 476 g/mol. The second-order valence-corrected chi connectivity index (χ2v) is 10.5. The Morgan fingerprint density at radius 2 is 2.19 bits per heavy atom. The molecular weight excluding hydrogens is 452 g/mol. The summed E-state index contributed by atoms with van der Waals surface area (Å²) >= 11 is 1.11. The average molecular weight is 477 g/mol. The van der Waals surface area contributed by atoms with Crippen molar-refractivity contribution < 1.29 is 22.5 Å². The van der Waals surface area contributed by atoms with E-state index in [9.17, 15) is 13.2 Å². The number of benzene rings is 1. The molecule has 1 atom stereocenters. The van der Waals surface area contributed by atoms with E-state index in [1.165, 1.54) is 11.4 Å². The van der Waals surface area contributed by atoms with Gasteiger partial charge >= 0.3 is 0 Å². The standard InChI is InChI=1S/C21H24N4O5S2/c1-3-18-23-20(24-30-18)15-11-19(31-13-15)32(27,28)25-10-6-7-14(12-25)21(26)22-16-8-4-5-9-17(16)29-2/h4-5,8-9,11,13-14H,3,6-7,10,12H2,1-2H3,(H,22,26)/t14-/m1/s1. The molecule has 3 aromatic rings. The third-order valence-corrected chi connectivity index (χ3v) is 8.60. The molecule has 1 saturated heterocycles. The maximum absolute atomic E-state index is 13.2. The highest BCUT2D eigenvalue weighted by atomic mass is 32.2. The zero-order chi connectivity index (χ0) is 22.7. The number of amides is 1. The molecule has 1 fully saturated rings. The van der Waals surface area contributed by atoms with Crippen LogP contribution in [0.15, 0.2) is 44.4 Å². The smallest absolute Gasteiger partial charge is 0.252 e. The highest BCUT2D eigenvalue weighted by Crippen LogP contribution is 2.32. The molecule has 1 aliphatic rings. The van der Waals surface area contributed by atoms with Crippen molar-refractivity contribution in [1.82, 2.24) is 14.4 Å². The lowest BCUT2D eigenvalue weighted by Crippen LogP contribution is -2.43. The number of methoxy groups -OCH3 is 1. The van der Waals surface area contributed by atoms with E-state index in [-0.39, 0.29) is 16.7 Å². The van der Waals surface area contributed by atoms with Crippen LogP contribution in [0.25, 0.3) is 11.4 Å². The number of piperidine rings is 1. The van der Waals surface area contributed by atoms with Gasteiger partial charge in [-0.05, 0) is 31.0 Å². The fourth-order valence-electron chi connectivity index (χ4n) is 3.57. The first kappa shape index (κ1) is 22.4. The maximum atomic E-state index is 13.2. The van der Waals surface area contributed by atoms with Crippen LogP contribution in [0.1, 0.15) is 25.7 Å². The summed E-state index contributed by atoms with van der Waals surface area (Å²) in [6, 6.07) is 8.69. The quantitative estimate of drug-likeness (QED) is 0.556. The summed E-state index contributed by atoms with van der Waals surface area (Å²) in [5.41, 5.74) is 1.16. The van der Waals surface area contributed by atoms with Gasteiger partial charge in [0.25, 0.3) is 10.0 Å². The van der Waals surface area contributed by atoms with Crippen molar-refractivity contribution >= 4 is 33.0 Å². The third-order valence-electron chi connectivity index (χ3n) is 5.32. The number of rotatable bonds is 7. The minimum absolute atomic E-state index is 0.124. The number of sulfonamides is 1. The summed E-state index contributed by atoms with van der Waals surface area (Å²) in [4.78, 5) is 17.1. The van der Waals surface area contributed by atoms with E-state index < -0.39 is 15.9 Å². The number of hydrogen-bond donors (Lipinski definition) is 1.